The predicted molar refractivity (Wildman–Crippen MR) is 43.0 cm³/mol. The molecule has 0 amide bonds. The minimum absolute atomic E-state index is 0.144. The smallest absolute Gasteiger partial charge is 0.373 e. The van der Waals surface area contributed by atoms with Gasteiger partial charge in [-0.25, -0.2) is 14.8 Å². The van der Waals surface area contributed by atoms with E-state index >= 15 is 0 Å². The second-order valence-electron chi connectivity index (χ2n) is 2.47. The molecule has 0 fully saturated rings. The highest BCUT2D eigenvalue weighted by Gasteiger charge is 2.04. The van der Waals surface area contributed by atoms with Gasteiger partial charge >= 0.3 is 5.97 Å². The summed E-state index contributed by atoms with van der Waals surface area (Å²) in [6.07, 6.45) is 5.01. The van der Waals surface area contributed by atoms with E-state index < -0.39 is 5.97 Å². The summed E-state index contributed by atoms with van der Waals surface area (Å²) in [6.45, 7) is 2.05. The van der Waals surface area contributed by atoms with Crippen molar-refractivity contribution in [2.24, 2.45) is 0 Å². The minimum Gasteiger partial charge on any atom is -0.475 e. The van der Waals surface area contributed by atoms with Crippen LogP contribution in [0.3, 0.4) is 0 Å². The fourth-order valence-corrected chi connectivity index (χ4v) is 0.883. The van der Waals surface area contributed by atoms with Crippen molar-refractivity contribution in [2.45, 2.75) is 19.8 Å². The number of carboxylic acid groups (broad SMARTS) is 1. The van der Waals surface area contributed by atoms with Crippen LogP contribution in [0.5, 0.6) is 0 Å². The first-order chi connectivity index (χ1) is 5.74. The Morgan fingerprint density at radius 3 is 2.50 bits per heavy atom. The highest BCUT2D eigenvalue weighted by atomic mass is 16.4. The maximum Gasteiger partial charge on any atom is 0.373 e. The van der Waals surface area contributed by atoms with Crippen LogP contribution in [0.4, 0.5) is 0 Å². The van der Waals surface area contributed by atoms with E-state index in [0.717, 1.165) is 18.4 Å². The molecule has 12 heavy (non-hydrogen) atoms. The number of nitrogens with zero attached hydrogens (tertiary/aromatic N) is 2. The van der Waals surface area contributed by atoms with Crippen LogP contribution in [-0.2, 0) is 6.42 Å². The summed E-state index contributed by atoms with van der Waals surface area (Å²) in [5.41, 5.74) is 0.975. The molecule has 0 aromatic carbocycles. The summed E-state index contributed by atoms with van der Waals surface area (Å²) in [7, 11) is 0. The van der Waals surface area contributed by atoms with Gasteiger partial charge in [0, 0.05) is 12.4 Å². The van der Waals surface area contributed by atoms with Crippen LogP contribution in [0, 0.1) is 0 Å². The van der Waals surface area contributed by atoms with Crippen molar-refractivity contribution in [3.63, 3.8) is 0 Å². The van der Waals surface area contributed by atoms with Crippen LogP contribution >= 0.6 is 0 Å². The van der Waals surface area contributed by atoms with Gasteiger partial charge in [-0.2, -0.15) is 0 Å². The summed E-state index contributed by atoms with van der Waals surface area (Å²) < 4.78 is 0. The second-order valence-corrected chi connectivity index (χ2v) is 2.47. The van der Waals surface area contributed by atoms with Gasteiger partial charge in [-0.15, -0.1) is 0 Å². The lowest BCUT2D eigenvalue weighted by Crippen LogP contribution is -2.03. The van der Waals surface area contributed by atoms with E-state index in [9.17, 15) is 4.79 Å². The molecule has 1 heterocycles. The van der Waals surface area contributed by atoms with Crippen LogP contribution in [-0.4, -0.2) is 21.0 Å². The highest BCUT2D eigenvalue weighted by Crippen LogP contribution is 1.99. The monoisotopic (exact) mass is 166 g/mol. The van der Waals surface area contributed by atoms with Gasteiger partial charge < -0.3 is 5.11 Å². The Morgan fingerprint density at radius 1 is 1.50 bits per heavy atom. The maximum absolute atomic E-state index is 10.3. The standard InChI is InChI=1S/C8H10N2O2/c1-2-3-6-4-9-7(8(11)12)10-5-6/h4-5H,2-3H2,1H3,(H,11,12). The van der Waals surface area contributed by atoms with Crippen molar-refractivity contribution in [3.8, 4) is 0 Å². The van der Waals surface area contributed by atoms with Gasteiger partial charge in [0.1, 0.15) is 0 Å². The summed E-state index contributed by atoms with van der Waals surface area (Å²) in [5.74, 6) is -1.23. The molecule has 0 radical (unpaired) electrons. The lowest BCUT2D eigenvalue weighted by molar-refractivity contribution is 0.0683. The summed E-state index contributed by atoms with van der Waals surface area (Å²) in [5, 5.41) is 8.48. The second kappa shape index (κ2) is 3.80. The molecule has 1 aromatic heterocycles. The van der Waals surface area contributed by atoms with Crippen molar-refractivity contribution in [3.05, 3.63) is 23.8 Å². The molecule has 0 bridgehead atoms. The molecular weight excluding hydrogens is 156 g/mol. The van der Waals surface area contributed by atoms with Crippen LogP contribution in [0.1, 0.15) is 29.5 Å². The maximum atomic E-state index is 10.3. The van der Waals surface area contributed by atoms with Crippen molar-refractivity contribution < 1.29 is 9.90 Å². The number of aryl methyl sites for hydroxylation is 1. The largest absolute Gasteiger partial charge is 0.475 e. The lowest BCUT2D eigenvalue weighted by atomic mass is 10.2. The Labute approximate surface area is 70.3 Å². The lowest BCUT2D eigenvalue weighted by Gasteiger charge is -1.96. The third-order valence-corrected chi connectivity index (χ3v) is 1.44. The molecule has 0 spiro atoms. The van der Waals surface area contributed by atoms with Gasteiger partial charge in [-0.05, 0) is 12.0 Å². The molecule has 4 heteroatoms. The fourth-order valence-electron chi connectivity index (χ4n) is 0.883. The molecule has 0 aliphatic heterocycles. The van der Waals surface area contributed by atoms with Crippen LogP contribution in [0.25, 0.3) is 0 Å². The summed E-state index contributed by atoms with van der Waals surface area (Å²) in [4.78, 5) is 17.7. The van der Waals surface area contributed by atoms with Crippen molar-refractivity contribution in [2.75, 3.05) is 0 Å². The van der Waals surface area contributed by atoms with Crippen molar-refractivity contribution in [1.29, 1.82) is 0 Å². The average molecular weight is 166 g/mol. The van der Waals surface area contributed by atoms with Gasteiger partial charge in [0.05, 0.1) is 0 Å². The molecule has 0 atom stereocenters. The quantitative estimate of drug-likeness (QED) is 0.731. The van der Waals surface area contributed by atoms with E-state index in [1.807, 2.05) is 6.92 Å². The molecule has 1 rings (SSSR count). The van der Waals surface area contributed by atoms with E-state index in [-0.39, 0.29) is 5.82 Å². The van der Waals surface area contributed by atoms with E-state index in [2.05, 4.69) is 9.97 Å². The number of rotatable bonds is 3. The molecule has 1 N–H and O–H groups in total. The first-order valence-corrected chi connectivity index (χ1v) is 3.78. The third kappa shape index (κ3) is 2.02. The molecule has 1 aromatic rings. The Hall–Kier alpha value is -1.45. The van der Waals surface area contributed by atoms with Crippen LogP contribution in [0.15, 0.2) is 12.4 Å². The van der Waals surface area contributed by atoms with Gasteiger partial charge in [0.15, 0.2) is 0 Å². The molecular formula is C8H10N2O2. The van der Waals surface area contributed by atoms with Crippen LogP contribution in [0.2, 0.25) is 0 Å². The Bertz CT molecular complexity index is 269. The van der Waals surface area contributed by atoms with Gasteiger partial charge in [-0.3, -0.25) is 0 Å². The van der Waals surface area contributed by atoms with Crippen molar-refractivity contribution >= 4 is 5.97 Å². The molecule has 0 aliphatic carbocycles. The normalized spacial score (nSPS) is 9.75. The number of hydrogen-bond acceptors (Lipinski definition) is 3. The first kappa shape index (κ1) is 8.64. The topological polar surface area (TPSA) is 63.1 Å². The van der Waals surface area contributed by atoms with Gasteiger partial charge in [0.25, 0.3) is 0 Å². The summed E-state index contributed by atoms with van der Waals surface area (Å²) in [6, 6.07) is 0. The van der Waals surface area contributed by atoms with E-state index in [1.54, 1.807) is 12.4 Å². The zero-order chi connectivity index (χ0) is 8.97. The Balaban J connectivity index is 2.78. The molecule has 0 saturated heterocycles. The predicted octanol–water partition coefficient (Wildman–Crippen LogP) is 1.13. The zero-order valence-electron chi connectivity index (χ0n) is 6.82. The Kier molecular flexibility index (Phi) is 2.74. The van der Waals surface area contributed by atoms with Gasteiger partial charge in [0.2, 0.25) is 5.82 Å². The molecule has 64 valence electrons. The highest BCUT2D eigenvalue weighted by molar-refractivity contribution is 5.82. The fraction of sp³-hybridized carbons (Fsp3) is 0.375. The third-order valence-electron chi connectivity index (χ3n) is 1.44. The first-order valence-electron chi connectivity index (χ1n) is 3.78. The van der Waals surface area contributed by atoms with E-state index in [1.165, 1.54) is 0 Å². The van der Waals surface area contributed by atoms with Crippen molar-refractivity contribution in [1.82, 2.24) is 9.97 Å². The van der Waals surface area contributed by atoms with Crippen LogP contribution < -0.4 is 0 Å². The number of carboxylic acids is 1. The number of carbonyl (C=O) groups is 1. The molecule has 0 aliphatic rings. The molecule has 4 nitrogen and oxygen atoms in total. The molecule has 0 unspecified atom stereocenters. The summed E-state index contributed by atoms with van der Waals surface area (Å²) >= 11 is 0. The average Bonchev–Trinajstić information content (AvgIpc) is 2.06. The zero-order valence-corrected chi connectivity index (χ0v) is 6.82. The SMILES string of the molecule is CCCc1cnc(C(=O)O)nc1. The van der Waals surface area contributed by atoms with Gasteiger partial charge in [-0.1, -0.05) is 13.3 Å². The van der Waals surface area contributed by atoms with E-state index in [4.69, 9.17) is 5.11 Å². The van der Waals surface area contributed by atoms with E-state index in [0.29, 0.717) is 0 Å². The number of aromatic carboxylic acids is 1. The molecule has 0 saturated carbocycles. The number of hydrogen-bond donors (Lipinski definition) is 1. The minimum atomic E-state index is -1.09. The number of aromatic nitrogens is 2. The Morgan fingerprint density at radius 2 is 2.08 bits per heavy atom.